The van der Waals surface area contributed by atoms with Gasteiger partial charge in [0, 0.05) is 6.61 Å². The first-order chi connectivity index (χ1) is 10.1. The summed E-state index contributed by atoms with van der Waals surface area (Å²) < 4.78 is 6.07. The molecule has 0 amide bonds. The number of hydrogen-bond acceptors (Lipinski definition) is 3. The van der Waals surface area contributed by atoms with E-state index >= 15 is 0 Å². The Labute approximate surface area is 126 Å². The monoisotopic (exact) mass is 285 g/mol. The van der Waals surface area contributed by atoms with Crippen molar-refractivity contribution in [2.24, 2.45) is 5.92 Å². The van der Waals surface area contributed by atoms with Gasteiger partial charge in [0.2, 0.25) is 0 Å². The summed E-state index contributed by atoms with van der Waals surface area (Å²) in [6.45, 7) is 2.66. The normalized spacial score (nSPS) is 27.2. The summed E-state index contributed by atoms with van der Waals surface area (Å²) in [6, 6.07) is 9.46. The summed E-state index contributed by atoms with van der Waals surface area (Å²) >= 11 is 0. The maximum absolute atomic E-state index is 11.1. The molecule has 3 rings (SSSR count). The molecule has 3 heteroatoms. The maximum Gasteiger partial charge on any atom is 0.0991 e. The van der Waals surface area contributed by atoms with Gasteiger partial charge in [-0.3, -0.25) is 0 Å². The van der Waals surface area contributed by atoms with Crippen molar-refractivity contribution < 1.29 is 9.84 Å². The zero-order chi connectivity index (χ0) is 14.9. The van der Waals surface area contributed by atoms with Crippen molar-refractivity contribution in [1.29, 1.82) is 5.26 Å². The molecule has 1 saturated carbocycles. The molecule has 1 N–H and O–H groups in total. The van der Waals surface area contributed by atoms with E-state index in [0.29, 0.717) is 5.56 Å². The van der Waals surface area contributed by atoms with Crippen LogP contribution in [0.25, 0.3) is 0 Å². The zero-order valence-electron chi connectivity index (χ0n) is 12.6. The largest absolute Gasteiger partial charge is 0.385 e. The van der Waals surface area contributed by atoms with Crippen molar-refractivity contribution in [3.63, 3.8) is 0 Å². The van der Waals surface area contributed by atoms with Gasteiger partial charge >= 0.3 is 0 Å². The molecule has 1 spiro atoms. The molecule has 2 fully saturated rings. The van der Waals surface area contributed by atoms with E-state index in [1.807, 2.05) is 19.1 Å². The van der Waals surface area contributed by atoms with E-state index in [1.54, 1.807) is 12.1 Å². The Morgan fingerprint density at radius 3 is 2.57 bits per heavy atom. The van der Waals surface area contributed by atoms with Crippen LogP contribution in [0, 0.1) is 17.2 Å². The molecular weight excluding hydrogens is 262 g/mol. The topological polar surface area (TPSA) is 53.2 Å². The predicted octanol–water partition coefficient (Wildman–Crippen LogP) is 3.51. The maximum atomic E-state index is 11.1. The summed E-state index contributed by atoms with van der Waals surface area (Å²) in [5, 5.41) is 20.0. The summed E-state index contributed by atoms with van der Waals surface area (Å²) in [7, 11) is 0. The van der Waals surface area contributed by atoms with E-state index in [1.165, 1.54) is 12.8 Å². The fourth-order valence-corrected chi connectivity index (χ4v) is 3.99. The van der Waals surface area contributed by atoms with Crippen LogP contribution in [0.1, 0.15) is 56.6 Å². The Bertz CT molecular complexity index is 535. The minimum absolute atomic E-state index is 0.0134. The average molecular weight is 285 g/mol. The Balaban J connectivity index is 1.81. The molecule has 1 aliphatic carbocycles. The highest BCUT2D eigenvalue weighted by Crippen LogP contribution is 2.47. The molecule has 2 atom stereocenters. The number of aliphatic hydroxyl groups is 1. The second kappa shape index (κ2) is 5.44. The summed E-state index contributed by atoms with van der Waals surface area (Å²) in [5.74, 6) is 0.220. The van der Waals surface area contributed by atoms with Gasteiger partial charge in [0.15, 0.2) is 0 Å². The highest BCUT2D eigenvalue weighted by atomic mass is 16.5. The van der Waals surface area contributed by atoms with Crippen LogP contribution in [0.2, 0.25) is 0 Å². The van der Waals surface area contributed by atoms with Crippen molar-refractivity contribution in [2.75, 3.05) is 6.61 Å². The molecule has 21 heavy (non-hydrogen) atoms. The minimum Gasteiger partial charge on any atom is -0.385 e. The fraction of sp³-hybridized carbons (Fsp3) is 0.611. The summed E-state index contributed by atoms with van der Waals surface area (Å²) in [4.78, 5) is 0. The van der Waals surface area contributed by atoms with Crippen LogP contribution in [0.5, 0.6) is 0 Å². The highest BCUT2D eigenvalue weighted by Gasteiger charge is 2.45. The van der Waals surface area contributed by atoms with Crippen molar-refractivity contribution in [2.45, 2.75) is 56.7 Å². The summed E-state index contributed by atoms with van der Waals surface area (Å²) in [5.41, 5.74) is 0.697. The van der Waals surface area contributed by atoms with E-state index in [4.69, 9.17) is 10.00 Å². The third kappa shape index (κ3) is 2.71. The first kappa shape index (κ1) is 14.6. The Hall–Kier alpha value is -1.37. The SMILES string of the molecule is CC(O)(c1ccc(C#N)cc1)C1CCOC2(CCCC2)C1. The van der Waals surface area contributed by atoms with Gasteiger partial charge in [-0.05, 0) is 56.2 Å². The van der Waals surface area contributed by atoms with E-state index < -0.39 is 5.60 Å². The first-order valence-electron chi connectivity index (χ1n) is 7.93. The molecule has 1 aliphatic heterocycles. The molecule has 3 nitrogen and oxygen atoms in total. The Morgan fingerprint density at radius 1 is 1.29 bits per heavy atom. The van der Waals surface area contributed by atoms with E-state index in [9.17, 15) is 5.11 Å². The van der Waals surface area contributed by atoms with Crippen LogP contribution >= 0.6 is 0 Å². The van der Waals surface area contributed by atoms with Gasteiger partial charge < -0.3 is 9.84 Å². The summed E-state index contributed by atoms with van der Waals surface area (Å²) in [6.07, 6.45) is 6.59. The predicted molar refractivity (Wildman–Crippen MR) is 80.6 cm³/mol. The average Bonchev–Trinajstić information content (AvgIpc) is 2.95. The van der Waals surface area contributed by atoms with E-state index in [2.05, 4.69) is 6.07 Å². The van der Waals surface area contributed by atoms with Crippen molar-refractivity contribution in [3.8, 4) is 6.07 Å². The number of nitrogens with zero attached hydrogens (tertiary/aromatic N) is 1. The van der Waals surface area contributed by atoms with Crippen LogP contribution in [0.4, 0.5) is 0 Å². The van der Waals surface area contributed by atoms with E-state index in [0.717, 1.165) is 37.9 Å². The standard InChI is InChI=1S/C18H23NO2/c1-17(20,15-6-4-14(13-19)5-7-15)16-8-11-21-18(12-16)9-2-3-10-18/h4-7,16,20H,2-3,8-12H2,1H3. The highest BCUT2D eigenvalue weighted by molar-refractivity contribution is 5.34. The molecule has 1 saturated heterocycles. The number of benzene rings is 1. The third-order valence-corrected chi connectivity index (χ3v) is 5.40. The lowest BCUT2D eigenvalue weighted by Crippen LogP contribution is -2.44. The lowest BCUT2D eigenvalue weighted by Gasteiger charge is -2.44. The first-order valence-corrected chi connectivity index (χ1v) is 7.93. The number of ether oxygens (including phenoxy) is 1. The van der Waals surface area contributed by atoms with Crippen LogP contribution in [-0.4, -0.2) is 17.3 Å². The molecule has 1 heterocycles. The number of nitriles is 1. The second-order valence-electron chi connectivity index (χ2n) is 6.76. The molecule has 0 aromatic heterocycles. The lowest BCUT2D eigenvalue weighted by molar-refractivity contribution is -0.138. The van der Waals surface area contributed by atoms with Gasteiger partial charge in [-0.2, -0.15) is 5.26 Å². The fourth-order valence-electron chi connectivity index (χ4n) is 3.99. The van der Waals surface area contributed by atoms with Crippen LogP contribution < -0.4 is 0 Å². The smallest absolute Gasteiger partial charge is 0.0991 e. The van der Waals surface area contributed by atoms with Crippen molar-refractivity contribution >= 4 is 0 Å². The van der Waals surface area contributed by atoms with Crippen molar-refractivity contribution in [1.82, 2.24) is 0 Å². The third-order valence-electron chi connectivity index (χ3n) is 5.40. The number of hydrogen-bond donors (Lipinski definition) is 1. The van der Waals surface area contributed by atoms with Gasteiger partial charge in [0.05, 0.1) is 22.8 Å². The Kier molecular flexibility index (Phi) is 3.77. The second-order valence-corrected chi connectivity index (χ2v) is 6.76. The van der Waals surface area contributed by atoms with Gasteiger partial charge in [0.1, 0.15) is 0 Å². The van der Waals surface area contributed by atoms with Gasteiger partial charge in [-0.25, -0.2) is 0 Å². The molecule has 0 bridgehead atoms. The van der Waals surface area contributed by atoms with Crippen LogP contribution in [0.3, 0.4) is 0 Å². The molecule has 2 unspecified atom stereocenters. The molecule has 112 valence electrons. The molecule has 1 aromatic carbocycles. The lowest BCUT2D eigenvalue weighted by atomic mass is 9.73. The molecule has 0 radical (unpaired) electrons. The van der Waals surface area contributed by atoms with Gasteiger partial charge in [0.25, 0.3) is 0 Å². The van der Waals surface area contributed by atoms with Gasteiger partial charge in [-0.1, -0.05) is 25.0 Å². The zero-order valence-corrected chi connectivity index (χ0v) is 12.6. The molecule has 1 aromatic rings. The molecular formula is C18H23NO2. The van der Waals surface area contributed by atoms with Crippen LogP contribution in [0.15, 0.2) is 24.3 Å². The minimum atomic E-state index is -0.854. The van der Waals surface area contributed by atoms with Crippen molar-refractivity contribution in [3.05, 3.63) is 35.4 Å². The molecule has 2 aliphatic rings. The van der Waals surface area contributed by atoms with Crippen LogP contribution in [-0.2, 0) is 10.3 Å². The number of rotatable bonds is 2. The van der Waals surface area contributed by atoms with E-state index in [-0.39, 0.29) is 11.5 Å². The quantitative estimate of drug-likeness (QED) is 0.904. The van der Waals surface area contributed by atoms with Gasteiger partial charge in [-0.15, -0.1) is 0 Å². The Morgan fingerprint density at radius 2 is 1.95 bits per heavy atom.